The van der Waals surface area contributed by atoms with Crippen LogP contribution in [0.4, 0.5) is 28.5 Å². The fraction of sp³-hybridized carbons (Fsp3) is 0.367. The Morgan fingerprint density at radius 2 is 1.87 bits per heavy atom. The Morgan fingerprint density at radius 3 is 2.51 bits per heavy atom. The minimum Gasteiger partial charge on any atom is -0.375 e. The number of nitrogens with zero attached hydrogens (tertiary/aromatic N) is 5. The highest BCUT2D eigenvalue weighted by molar-refractivity contribution is 7.99. The van der Waals surface area contributed by atoms with Crippen LogP contribution in [0, 0.1) is 5.82 Å². The summed E-state index contributed by atoms with van der Waals surface area (Å²) in [4.78, 5) is 49.8. The molecule has 17 heteroatoms. The van der Waals surface area contributed by atoms with Gasteiger partial charge >= 0.3 is 11.9 Å². The second-order valence-corrected chi connectivity index (χ2v) is 13.5. The molecular formula is C30H29F4N7O4S2. The predicted octanol–water partition coefficient (Wildman–Crippen LogP) is 4.00. The van der Waals surface area contributed by atoms with Crippen LogP contribution in [0.1, 0.15) is 19.4 Å². The quantitative estimate of drug-likeness (QED) is 0.226. The third-order valence-electron chi connectivity index (χ3n) is 8.19. The number of carbonyl (C=O) groups is 2. The van der Waals surface area contributed by atoms with Gasteiger partial charge in [-0.25, -0.2) is 14.2 Å². The van der Waals surface area contributed by atoms with Crippen molar-refractivity contribution in [3.8, 4) is 11.1 Å². The monoisotopic (exact) mass is 691 g/mol. The summed E-state index contributed by atoms with van der Waals surface area (Å²) in [5.41, 5.74) is 9.18. The van der Waals surface area contributed by atoms with Gasteiger partial charge in [-0.3, -0.25) is 14.2 Å². The molecular weight excluding hydrogens is 663 g/mol. The lowest BCUT2D eigenvalue weighted by Crippen LogP contribution is -2.58. The number of thioether (sulfide) groups is 1. The topological polar surface area (TPSA) is 150 Å². The number of halogens is 4. The molecule has 2 aromatic heterocycles. The zero-order chi connectivity index (χ0) is 33.9. The lowest BCUT2D eigenvalue weighted by molar-refractivity contribution is -0.137. The van der Waals surface area contributed by atoms with Gasteiger partial charge in [-0.1, -0.05) is 17.9 Å². The number of hydrogen-bond donors (Lipinski definition) is 2. The maximum atomic E-state index is 15.2. The average Bonchev–Trinajstić information content (AvgIpc) is 3.29. The number of hydrogen-bond acceptors (Lipinski definition) is 10. The first-order chi connectivity index (χ1) is 22.2. The molecule has 11 nitrogen and oxygen atoms in total. The van der Waals surface area contributed by atoms with Crippen molar-refractivity contribution in [1.82, 2.24) is 19.4 Å². The zero-order valence-electron chi connectivity index (χ0n) is 25.1. The number of aromatic nitrogens is 3. The number of anilines is 2. The van der Waals surface area contributed by atoms with E-state index < -0.39 is 41.9 Å². The van der Waals surface area contributed by atoms with E-state index in [1.807, 2.05) is 0 Å². The lowest BCUT2D eigenvalue weighted by atomic mass is 9.95. The normalized spacial score (nSPS) is 20.1. The first-order valence-corrected chi connectivity index (χ1v) is 16.3. The van der Waals surface area contributed by atoms with Crippen molar-refractivity contribution in [1.29, 1.82) is 0 Å². The first kappa shape index (κ1) is 32.7. The van der Waals surface area contributed by atoms with E-state index in [0.29, 0.717) is 0 Å². The van der Waals surface area contributed by atoms with Crippen LogP contribution < -0.4 is 22.1 Å². The van der Waals surface area contributed by atoms with E-state index in [1.165, 1.54) is 16.7 Å². The number of alkyl halides is 3. The standard InChI is InChI=1S/C30H29F4N7O4S2/c1-4-21(43)41-13(2)8-39(9-14(41)3)27-17-7-18(30(32,33)34)22(16-5-6-19(31)25-23(16)37-28(36)47-25)26-24(17)40(29(44)38-27)10-15(12-46-26)45-11-20(35)42/h4-7,13-15H,1,8-12H2,2-3H3,(H2,35,42)(H2,36,37). The van der Waals surface area contributed by atoms with Crippen LogP contribution >= 0.6 is 23.1 Å². The van der Waals surface area contributed by atoms with Gasteiger partial charge in [-0.05, 0) is 38.1 Å². The highest BCUT2D eigenvalue weighted by Gasteiger charge is 2.40. The van der Waals surface area contributed by atoms with Crippen molar-refractivity contribution in [3.05, 3.63) is 52.7 Å². The van der Waals surface area contributed by atoms with E-state index in [4.69, 9.17) is 16.2 Å². The van der Waals surface area contributed by atoms with Crippen molar-refractivity contribution in [3.63, 3.8) is 0 Å². The van der Waals surface area contributed by atoms with Crippen LogP contribution in [0.2, 0.25) is 0 Å². The van der Waals surface area contributed by atoms with Crippen molar-refractivity contribution in [2.24, 2.45) is 5.73 Å². The number of benzene rings is 2. The van der Waals surface area contributed by atoms with E-state index in [2.05, 4.69) is 16.5 Å². The van der Waals surface area contributed by atoms with Gasteiger partial charge < -0.3 is 26.0 Å². The summed E-state index contributed by atoms with van der Waals surface area (Å²) in [5, 5.41) is 0.0256. The summed E-state index contributed by atoms with van der Waals surface area (Å²) in [6, 6.07) is 2.47. The maximum Gasteiger partial charge on any atom is 0.417 e. The number of carbonyl (C=O) groups excluding carboxylic acids is 2. The van der Waals surface area contributed by atoms with Crippen molar-refractivity contribution >= 4 is 67.0 Å². The van der Waals surface area contributed by atoms with Gasteiger partial charge in [0, 0.05) is 52.3 Å². The highest BCUT2D eigenvalue weighted by Crippen LogP contribution is 2.50. The Balaban J connectivity index is 1.66. The van der Waals surface area contributed by atoms with Crippen molar-refractivity contribution < 1.29 is 31.9 Å². The average molecular weight is 692 g/mol. The Morgan fingerprint density at radius 1 is 1.17 bits per heavy atom. The molecule has 6 rings (SSSR count). The minimum atomic E-state index is -4.91. The molecule has 3 unspecified atom stereocenters. The molecule has 4 N–H and O–H groups in total. The number of nitrogens with two attached hydrogens (primary N) is 2. The molecule has 1 fully saturated rings. The van der Waals surface area contributed by atoms with Crippen LogP contribution in [-0.2, 0) is 27.0 Å². The number of piperazine rings is 1. The fourth-order valence-electron chi connectivity index (χ4n) is 6.40. The molecule has 3 atom stereocenters. The lowest BCUT2D eigenvalue weighted by Gasteiger charge is -2.44. The molecule has 0 spiro atoms. The molecule has 0 aliphatic carbocycles. The smallest absolute Gasteiger partial charge is 0.375 e. The molecule has 47 heavy (non-hydrogen) atoms. The van der Waals surface area contributed by atoms with Gasteiger partial charge in [0.1, 0.15) is 18.2 Å². The molecule has 2 aromatic carbocycles. The molecule has 4 aromatic rings. The summed E-state index contributed by atoms with van der Waals surface area (Å²) in [6.07, 6.45) is -4.51. The van der Waals surface area contributed by atoms with Crippen molar-refractivity contribution in [2.75, 3.05) is 36.1 Å². The van der Waals surface area contributed by atoms with Gasteiger partial charge in [0.05, 0.1) is 33.9 Å². The van der Waals surface area contributed by atoms with Crippen molar-refractivity contribution in [2.45, 2.75) is 49.7 Å². The Hall–Kier alpha value is -4.22. The van der Waals surface area contributed by atoms with Crippen LogP contribution in [0.15, 0.2) is 40.5 Å². The summed E-state index contributed by atoms with van der Waals surface area (Å²) in [5.74, 6) is -1.65. The molecule has 2 aliphatic rings. The zero-order valence-corrected chi connectivity index (χ0v) is 26.8. The molecule has 1 saturated heterocycles. The first-order valence-electron chi connectivity index (χ1n) is 14.5. The molecule has 0 radical (unpaired) electrons. The summed E-state index contributed by atoms with van der Waals surface area (Å²) in [7, 11) is 0. The largest absolute Gasteiger partial charge is 0.417 e. The van der Waals surface area contributed by atoms with Gasteiger partial charge in [0.15, 0.2) is 5.13 Å². The second-order valence-electron chi connectivity index (χ2n) is 11.4. The molecule has 4 heterocycles. The van der Waals surface area contributed by atoms with E-state index >= 15 is 13.2 Å². The molecule has 0 saturated carbocycles. The highest BCUT2D eigenvalue weighted by atomic mass is 32.2. The number of thiazole rings is 1. The second kappa shape index (κ2) is 12.1. The Kier molecular flexibility index (Phi) is 8.42. The van der Waals surface area contributed by atoms with Crippen LogP contribution in [0.3, 0.4) is 0 Å². The third-order valence-corrected chi connectivity index (χ3v) is 10.3. The van der Waals surface area contributed by atoms with Gasteiger partial charge in [0.25, 0.3) is 0 Å². The number of nitrogen functional groups attached to an aromatic ring is 1. The summed E-state index contributed by atoms with van der Waals surface area (Å²) >= 11 is 1.82. The molecule has 248 valence electrons. The van der Waals surface area contributed by atoms with E-state index in [-0.39, 0.29) is 91.5 Å². The number of fused-ring (bicyclic) bond motifs is 1. The number of ether oxygens (including phenoxy) is 1. The number of primary amides is 1. The van der Waals surface area contributed by atoms with Gasteiger partial charge in [-0.15, -0.1) is 11.8 Å². The van der Waals surface area contributed by atoms with E-state index in [1.54, 1.807) is 23.6 Å². The molecule has 2 aliphatic heterocycles. The van der Waals surface area contributed by atoms with E-state index in [0.717, 1.165) is 35.2 Å². The van der Waals surface area contributed by atoms with Crippen LogP contribution in [0.25, 0.3) is 32.2 Å². The maximum absolute atomic E-state index is 15.2. The minimum absolute atomic E-state index is 0.00978. The van der Waals surface area contributed by atoms with Gasteiger partial charge in [0.2, 0.25) is 11.8 Å². The van der Waals surface area contributed by atoms with Crippen LogP contribution in [0.5, 0.6) is 0 Å². The SMILES string of the molecule is C=CC(=O)N1C(C)CN(c2nc(=O)n3c4c(c(-c5ccc(F)c6sc(N)nc56)c(C(F)(F)F)cc24)SCC(OCC(N)=O)C3)CC1C. The summed E-state index contributed by atoms with van der Waals surface area (Å²) in [6.45, 7) is 6.92. The number of amides is 2. The molecule has 0 bridgehead atoms. The van der Waals surface area contributed by atoms with Crippen LogP contribution in [-0.4, -0.2) is 74.9 Å². The van der Waals surface area contributed by atoms with Gasteiger partial charge in [-0.2, -0.15) is 18.2 Å². The third kappa shape index (κ3) is 5.80. The molecule has 2 amide bonds. The Bertz CT molecular complexity index is 2000. The predicted molar refractivity (Wildman–Crippen MR) is 172 cm³/mol. The number of rotatable bonds is 6. The summed E-state index contributed by atoms with van der Waals surface area (Å²) < 4.78 is 67.2. The fourth-order valence-corrected chi connectivity index (χ4v) is 8.44. The Labute approximate surface area is 273 Å². The van der Waals surface area contributed by atoms with E-state index in [9.17, 15) is 18.8 Å².